The lowest BCUT2D eigenvalue weighted by Gasteiger charge is -2.32. The van der Waals surface area contributed by atoms with Gasteiger partial charge in [0.25, 0.3) is 0 Å². The van der Waals surface area contributed by atoms with Crippen LogP contribution in [0, 0.1) is 5.92 Å². The molecule has 1 atom stereocenters. The van der Waals surface area contributed by atoms with Crippen molar-refractivity contribution >= 4 is 35.2 Å². The van der Waals surface area contributed by atoms with Crippen LogP contribution in [0.25, 0.3) is 0 Å². The lowest BCUT2D eigenvalue weighted by atomic mass is 9.99. The fourth-order valence-electron chi connectivity index (χ4n) is 4.02. The third kappa shape index (κ3) is 11.1. The molecule has 1 aromatic carbocycles. The summed E-state index contributed by atoms with van der Waals surface area (Å²) >= 11 is 5.99. The van der Waals surface area contributed by atoms with Crippen molar-refractivity contribution in [3.8, 4) is 0 Å². The van der Waals surface area contributed by atoms with Crippen LogP contribution in [0.3, 0.4) is 0 Å². The summed E-state index contributed by atoms with van der Waals surface area (Å²) in [5, 5.41) is 9.20. The summed E-state index contributed by atoms with van der Waals surface area (Å²) in [6.45, 7) is 5.69. The maximum atomic E-state index is 13.3. The number of benzene rings is 1. The fraction of sp³-hybridized carbons (Fsp3) is 0.615. The number of nitrogens with one attached hydrogen (secondary N) is 3. The number of rotatable bonds is 5. The van der Waals surface area contributed by atoms with Gasteiger partial charge in [0.15, 0.2) is 0 Å². The molecule has 0 saturated carbocycles. The van der Waals surface area contributed by atoms with Crippen LogP contribution in [0.5, 0.6) is 0 Å². The second-order valence-electron chi connectivity index (χ2n) is 9.41. The van der Waals surface area contributed by atoms with Crippen molar-refractivity contribution < 1.29 is 19.2 Å². The summed E-state index contributed by atoms with van der Waals surface area (Å²) in [4.78, 5) is 52.4. The van der Waals surface area contributed by atoms with Gasteiger partial charge in [-0.05, 0) is 55.7 Å². The van der Waals surface area contributed by atoms with Crippen LogP contribution in [0.4, 0.5) is 0 Å². The van der Waals surface area contributed by atoms with E-state index in [1.807, 2.05) is 26.0 Å². The van der Waals surface area contributed by atoms with E-state index in [1.54, 1.807) is 17.0 Å². The van der Waals surface area contributed by atoms with E-state index in [0.29, 0.717) is 43.9 Å². The van der Waals surface area contributed by atoms with E-state index in [-0.39, 0.29) is 55.4 Å². The molecule has 9 heteroatoms. The van der Waals surface area contributed by atoms with E-state index in [2.05, 4.69) is 16.0 Å². The second kappa shape index (κ2) is 15.4. The molecule has 1 fully saturated rings. The summed E-state index contributed by atoms with van der Waals surface area (Å²) in [5.41, 5.74) is 1.02. The Morgan fingerprint density at radius 3 is 2.11 bits per heavy atom. The molecule has 194 valence electrons. The minimum atomic E-state index is -0.648. The Hall–Kier alpha value is -2.61. The average Bonchev–Trinajstić information content (AvgIpc) is 2.81. The highest BCUT2D eigenvalue weighted by Gasteiger charge is 2.30. The molecular weight excluding hydrogens is 468 g/mol. The molecule has 0 bridgehead atoms. The summed E-state index contributed by atoms with van der Waals surface area (Å²) in [7, 11) is 0. The molecule has 0 aromatic heterocycles. The third-order valence-electron chi connectivity index (χ3n) is 5.94. The molecule has 0 spiro atoms. The topological polar surface area (TPSA) is 108 Å². The van der Waals surface area contributed by atoms with Gasteiger partial charge >= 0.3 is 0 Å². The lowest BCUT2D eigenvalue weighted by molar-refractivity contribution is -0.141. The lowest BCUT2D eigenvalue weighted by Crippen LogP contribution is -2.51. The van der Waals surface area contributed by atoms with E-state index in [4.69, 9.17) is 11.6 Å². The predicted molar refractivity (Wildman–Crippen MR) is 137 cm³/mol. The van der Waals surface area contributed by atoms with Crippen LogP contribution in [-0.2, 0) is 25.6 Å². The molecule has 0 radical (unpaired) electrons. The number of halogens is 1. The van der Waals surface area contributed by atoms with Crippen LogP contribution in [0.15, 0.2) is 24.3 Å². The molecule has 3 N–H and O–H groups in total. The molecule has 1 aliphatic heterocycles. The van der Waals surface area contributed by atoms with E-state index in [9.17, 15) is 19.2 Å². The number of carbonyl (C=O) groups is 4. The summed E-state index contributed by atoms with van der Waals surface area (Å²) < 4.78 is 0. The summed E-state index contributed by atoms with van der Waals surface area (Å²) in [6, 6.07) is 6.79. The molecule has 2 rings (SSSR count). The quantitative estimate of drug-likeness (QED) is 0.570. The first-order valence-corrected chi connectivity index (χ1v) is 13.0. The minimum Gasteiger partial charge on any atom is -0.356 e. The van der Waals surface area contributed by atoms with Gasteiger partial charge in [-0.2, -0.15) is 0 Å². The molecule has 1 heterocycles. The fourth-order valence-corrected chi connectivity index (χ4v) is 4.15. The molecule has 1 unspecified atom stereocenters. The highest BCUT2D eigenvalue weighted by molar-refractivity contribution is 6.30. The maximum Gasteiger partial charge on any atom is 0.242 e. The smallest absolute Gasteiger partial charge is 0.242 e. The monoisotopic (exact) mass is 506 g/mol. The van der Waals surface area contributed by atoms with Crippen LogP contribution < -0.4 is 16.0 Å². The van der Waals surface area contributed by atoms with Gasteiger partial charge in [-0.3, -0.25) is 19.2 Å². The highest BCUT2D eigenvalue weighted by atomic mass is 35.5. The zero-order valence-corrected chi connectivity index (χ0v) is 21.7. The Kier molecular flexibility index (Phi) is 12.6. The van der Waals surface area contributed by atoms with Gasteiger partial charge in [-0.1, -0.05) is 37.6 Å². The average molecular weight is 507 g/mol. The Bertz CT molecular complexity index is 844. The van der Waals surface area contributed by atoms with E-state index in [0.717, 1.165) is 18.4 Å². The third-order valence-corrected chi connectivity index (χ3v) is 6.19. The van der Waals surface area contributed by atoms with Crippen molar-refractivity contribution in [3.63, 3.8) is 0 Å². The highest BCUT2D eigenvalue weighted by Crippen LogP contribution is 2.17. The van der Waals surface area contributed by atoms with Gasteiger partial charge in [0.1, 0.15) is 6.04 Å². The molecule has 1 aliphatic rings. The molecule has 35 heavy (non-hydrogen) atoms. The molecule has 1 aromatic rings. The van der Waals surface area contributed by atoms with Crippen LogP contribution >= 0.6 is 11.6 Å². The standard InChI is InChI=1S/C26H39ClN4O4/c1-19(2)18-22-26(35)30-16-12-24(33)29-15-4-3-14-28-23(32)6-5-7-25(34)31(22)17-13-20-8-10-21(27)11-9-20/h8-11,19,22H,3-7,12-18H2,1-2H3,(H,28,32)(H,29,33)(H,30,35). The molecular formula is C26H39ClN4O4. The van der Waals surface area contributed by atoms with E-state index < -0.39 is 6.04 Å². The van der Waals surface area contributed by atoms with Gasteiger partial charge in [0.2, 0.25) is 23.6 Å². The van der Waals surface area contributed by atoms with Crippen LogP contribution in [0.2, 0.25) is 5.02 Å². The van der Waals surface area contributed by atoms with Crippen molar-refractivity contribution in [1.29, 1.82) is 0 Å². The van der Waals surface area contributed by atoms with Gasteiger partial charge in [-0.15, -0.1) is 0 Å². The van der Waals surface area contributed by atoms with Crippen LogP contribution in [0.1, 0.15) is 64.4 Å². The van der Waals surface area contributed by atoms with Gasteiger partial charge in [0.05, 0.1) is 0 Å². The molecule has 0 aliphatic carbocycles. The first-order chi connectivity index (χ1) is 16.8. The molecule has 8 nitrogen and oxygen atoms in total. The number of nitrogens with zero attached hydrogens (tertiary/aromatic N) is 1. The van der Waals surface area contributed by atoms with E-state index in [1.165, 1.54) is 0 Å². The molecule has 4 amide bonds. The minimum absolute atomic E-state index is 0.0906. The van der Waals surface area contributed by atoms with Gasteiger partial charge in [0, 0.05) is 50.5 Å². The predicted octanol–water partition coefficient (Wildman–Crippen LogP) is 2.83. The Labute approximate surface area is 213 Å². The van der Waals surface area contributed by atoms with Crippen molar-refractivity contribution in [3.05, 3.63) is 34.9 Å². The first-order valence-electron chi connectivity index (χ1n) is 12.6. The number of amides is 4. The SMILES string of the molecule is CC(C)CC1C(=O)NCCC(=O)NCCCCNC(=O)CCCC(=O)N1CCc1ccc(Cl)cc1. The normalized spacial score (nSPS) is 20.0. The second-order valence-corrected chi connectivity index (χ2v) is 9.85. The summed E-state index contributed by atoms with van der Waals surface area (Å²) in [6.07, 6.45) is 3.65. The first kappa shape index (κ1) is 28.6. The Balaban J connectivity index is 2.18. The largest absolute Gasteiger partial charge is 0.356 e. The number of hydrogen-bond donors (Lipinski definition) is 3. The van der Waals surface area contributed by atoms with Gasteiger partial charge in [-0.25, -0.2) is 0 Å². The number of hydrogen-bond acceptors (Lipinski definition) is 4. The zero-order chi connectivity index (χ0) is 25.6. The maximum absolute atomic E-state index is 13.3. The van der Waals surface area contributed by atoms with Crippen molar-refractivity contribution in [2.24, 2.45) is 5.92 Å². The van der Waals surface area contributed by atoms with Crippen molar-refractivity contribution in [2.75, 3.05) is 26.2 Å². The van der Waals surface area contributed by atoms with Crippen molar-refractivity contribution in [1.82, 2.24) is 20.9 Å². The number of carbonyl (C=O) groups excluding carboxylic acids is 4. The van der Waals surface area contributed by atoms with Crippen molar-refractivity contribution in [2.45, 2.75) is 71.3 Å². The molecule has 1 saturated heterocycles. The van der Waals surface area contributed by atoms with Crippen LogP contribution in [-0.4, -0.2) is 60.7 Å². The zero-order valence-electron chi connectivity index (χ0n) is 20.9. The van der Waals surface area contributed by atoms with Gasteiger partial charge < -0.3 is 20.9 Å². The van der Waals surface area contributed by atoms with E-state index >= 15 is 0 Å². The summed E-state index contributed by atoms with van der Waals surface area (Å²) in [5.74, 6) is -0.441. The Morgan fingerprint density at radius 1 is 0.857 bits per heavy atom. The Morgan fingerprint density at radius 2 is 1.49 bits per heavy atom.